The quantitative estimate of drug-likeness (QED) is 0.844. The monoisotopic (exact) mass is 263 g/mol. The lowest BCUT2D eigenvalue weighted by Gasteiger charge is -2.33. The van der Waals surface area contributed by atoms with E-state index in [2.05, 4.69) is 12.2 Å². The molecule has 0 amide bonds. The molecule has 1 N–H and O–H groups in total. The first-order valence-electron chi connectivity index (χ1n) is 6.74. The minimum Gasteiger partial charge on any atom is -0.459 e. The molecule has 3 unspecified atom stereocenters. The molecule has 0 aliphatic carbocycles. The summed E-state index contributed by atoms with van der Waals surface area (Å²) in [6, 6.07) is 9.47. The van der Waals surface area contributed by atoms with Gasteiger partial charge in [-0.15, -0.1) is 0 Å². The molecule has 3 atom stereocenters. The van der Waals surface area contributed by atoms with Gasteiger partial charge in [-0.3, -0.25) is 0 Å². The van der Waals surface area contributed by atoms with E-state index in [0.717, 1.165) is 12.8 Å². The SMILES string of the molecule is CNC1CC(C)OC(COC(=O)c2ccccc2)C1. The standard InChI is InChI=1S/C15H21NO3/c1-11-8-13(16-2)9-14(19-11)10-18-15(17)12-6-4-3-5-7-12/h3-7,11,13-14,16H,8-10H2,1-2H3. The largest absolute Gasteiger partial charge is 0.459 e. The molecule has 1 aromatic carbocycles. The van der Waals surface area contributed by atoms with Gasteiger partial charge in [0.05, 0.1) is 17.8 Å². The molecule has 0 saturated carbocycles. The van der Waals surface area contributed by atoms with E-state index in [1.807, 2.05) is 25.2 Å². The lowest BCUT2D eigenvalue weighted by atomic mass is 10.00. The van der Waals surface area contributed by atoms with Crippen molar-refractivity contribution in [3.05, 3.63) is 35.9 Å². The highest BCUT2D eigenvalue weighted by molar-refractivity contribution is 5.89. The van der Waals surface area contributed by atoms with Crippen molar-refractivity contribution in [3.8, 4) is 0 Å². The van der Waals surface area contributed by atoms with Crippen molar-refractivity contribution >= 4 is 5.97 Å². The minimum atomic E-state index is -0.288. The fourth-order valence-corrected chi connectivity index (χ4v) is 2.42. The van der Waals surface area contributed by atoms with Gasteiger partial charge in [0, 0.05) is 6.04 Å². The van der Waals surface area contributed by atoms with E-state index < -0.39 is 0 Å². The van der Waals surface area contributed by atoms with E-state index in [-0.39, 0.29) is 18.2 Å². The Labute approximate surface area is 114 Å². The van der Waals surface area contributed by atoms with Gasteiger partial charge in [0.1, 0.15) is 6.61 Å². The highest BCUT2D eigenvalue weighted by Gasteiger charge is 2.27. The fraction of sp³-hybridized carbons (Fsp3) is 0.533. The lowest BCUT2D eigenvalue weighted by molar-refractivity contribution is -0.0776. The molecule has 4 nitrogen and oxygen atoms in total. The molecule has 0 radical (unpaired) electrons. The summed E-state index contributed by atoms with van der Waals surface area (Å²) < 4.78 is 11.1. The van der Waals surface area contributed by atoms with Crippen LogP contribution >= 0.6 is 0 Å². The minimum absolute atomic E-state index is 0.0196. The first-order valence-corrected chi connectivity index (χ1v) is 6.74. The Balaban J connectivity index is 1.83. The summed E-state index contributed by atoms with van der Waals surface area (Å²) in [6.45, 7) is 2.37. The summed E-state index contributed by atoms with van der Waals surface area (Å²) in [5.41, 5.74) is 0.580. The Kier molecular flexibility index (Phi) is 4.93. The van der Waals surface area contributed by atoms with Crippen molar-refractivity contribution in [2.75, 3.05) is 13.7 Å². The maximum atomic E-state index is 11.8. The van der Waals surface area contributed by atoms with E-state index in [1.165, 1.54) is 0 Å². The third kappa shape index (κ3) is 4.04. The average molecular weight is 263 g/mol. The smallest absolute Gasteiger partial charge is 0.338 e. The van der Waals surface area contributed by atoms with Crippen molar-refractivity contribution in [2.24, 2.45) is 0 Å². The zero-order chi connectivity index (χ0) is 13.7. The second-order valence-electron chi connectivity index (χ2n) is 4.99. The van der Waals surface area contributed by atoms with Crippen molar-refractivity contribution in [2.45, 2.75) is 38.0 Å². The van der Waals surface area contributed by atoms with Gasteiger partial charge in [-0.25, -0.2) is 4.79 Å². The molecule has 0 spiro atoms. The Hall–Kier alpha value is -1.39. The number of carbonyl (C=O) groups is 1. The third-order valence-corrected chi connectivity index (χ3v) is 3.41. The van der Waals surface area contributed by atoms with Crippen LogP contribution in [0.15, 0.2) is 30.3 Å². The van der Waals surface area contributed by atoms with Crippen LogP contribution in [0.1, 0.15) is 30.1 Å². The number of hydrogen-bond donors (Lipinski definition) is 1. The number of rotatable bonds is 4. The number of benzene rings is 1. The Morgan fingerprint density at radius 2 is 2.11 bits per heavy atom. The van der Waals surface area contributed by atoms with Gasteiger partial charge in [0.25, 0.3) is 0 Å². The highest BCUT2D eigenvalue weighted by Crippen LogP contribution is 2.19. The van der Waals surface area contributed by atoms with Crippen LogP contribution in [0.25, 0.3) is 0 Å². The molecule has 2 rings (SSSR count). The fourth-order valence-electron chi connectivity index (χ4n) is 2.42. The van der Waals surface area contributed by atoms with Gasteiger partial charge in [-0.1, -0.05) is 18.2 Å². The Bertz CT molecular complexity index is 407. The molecule has 104 valence electrons. The van der Waals surface area contributed by atoms with Crippen LogP contribution < -0.4 is 5.32 Å². The van der Waals surface area contributed by atoms with Gasteiger partial charge in [0.15, 0.2) is 0 Å². The predicted octanol–water partition coefficient (Wildman–Crippen LogP) is 2.00. The molecule has 0 bridgehead atoms. The number of ether oxygens (including phenoxy) is 2. The molecule has 1 aromatic rings. The van der Waals surface area contributed by atoms with Crippen LogP contribution in [-0.2, 0) is 9.47 Å². The van der Waals surface area contributed by atoms with Crippen molar-refractivity contribution < 1.29 is 14.3 Å². The van der Waals surface area contributed by atoms with Crippen molar-refractivity contribution in [1.29, 1.82) is 0 Å². The second-order valence-corrected chi connectivity index (χ2v) is 4.99. The van der Waals surface area contributed by atoms with E-state index in [9.17, 15) is 4.79 Å². The summed E-state index contributed by atoms with van der Waals surface area (Å²) in [7, 11) is 1.95. The van der Waals surface area contributed by atoms with Crippen LogP contribution in [0, 0.1) is 0 Å². The molecule has 1 aliphatic rings. The maximum absolute atomic E-state index is 11.8. The predicted molar refractivity (Wildman–Crippen MR) is 73.1 cm³/mol. The molecule has 19 heavy (non-hydrogen) atoms. The van der Waals surface area contributed by atoms with Gasteiger partial charge in [-0.2, -0.15) is 0 Å². The van der Waals surface area contributed by atoms with E-state index in [4.69, 9.17) is 9.47 Å². The second kappa shape index (κ2) is 6.68. The first kappa shape index (κ1) is 14.0. The Morgan fingerprint density at radius 3 is 2.79 bits per heavy atom. The van der Waals surface area contributed by atoms with Gasteiger partial charge < -0.3 is 14.8 Å². The summed E-state index contributed by atoms with van der Waals surface area (Å²) >= 11 is 0. The van der Waals surface area contributed by atoms with E-state index in [1.54, 1.807) is 12.1 Å². The summed E-state index contributed by atoms with van der Waals surface area (Å²) in [6.07, 6.45) is 2.06. The number of hydrogen-bond acceptors (Lipinski definition) is 4. The number of nitrogens with one attached hydrogen (secondary N) is 1. The average Bonchev–Trinajstić information content (AvgIpc) is 2.45. The number of carbonyl (C=O) groups excluding carboxylic acids is 1. The molecule has 1 heterocycles. The Morgan fingerprint density at radius 1 is 1.37 bits per heavy atom. The van der Waals surface area contributed by atoms with Gasteiger partial charge >= 0.3 is 5.97 Å². The van der Waals surface area contributed by atoms with Crippen LogP contribution in [0.4, 0.5) is 0 Å². The van der Waals surface area contributed by atoms with Crippen molar-refractivity contribution in [1.82, 2.24) is 5.32 Å². The van der Waals surface area contributed by atoms with Crippen molar-refractivity contribution in [3.63, 3.8) is 0 Å². The van der Waals surface area contributed by atoms with Crippen LogP contribution in [-0.4, -0.2) is 37.9 Å². The molecule has 1 fully saturated rings. The summed E-state index contributed by atoms with van der Waals surface area (Å²) in [5, 5.41) is 3.26. The first-order chi connectivity index (χ1) is 9.19. The van der Waals surface area contributed by atoms with Crippen LogP contribution in [0.5, 0.6) is 0 Å². The zero-order valence-corrected chi connectivity index (χ0v) is 11.5. The van der Waals surface area contributed by atoms with Crippen LogP contribution in [0.2, 0.25) is 0 Å². The summed E-state index contributed by atoms with van der Waals surface area (Å²) in [5.74, 6) is -0.288. The normalized spacial score (nSPS) is 26.9. The maximum Gasteiger partial charge on any atom is 0.338 e. The topological polar surface area (TPSA) is 47.6 Å². The highest BCUT2D eigenvalue weighted by atomic mass is 16.6. The third-order valence-electron chi connectivity index (χ3n) is 3.41. The van der Waals surface area contributed by atoms with Gasteiger partial charge in [-0.05, 0) is 38.9 Å². The van der Waals surface area contributed by atoms with Crippen LogP contribution in [0.3, 0.4) is 0 Å². The summed E-state index contributed by atoms with van der Waals surface area (Å²) in [4.78, 5) is 11.8. The lowest BCUT2D eigenvalue weighted by Crippen LogP contribution is -2.42. The van der Waals surface area contributed by atoms with E-state index in [0.29, 0.717) is 18.2 Å². The molecule has 1 saturated heterocycles. The molecular formula is C15H21NO3. The van der Waals surface area contributed by atoms with E-state index >= 15 is 0 Å². The molecular weight excluding hydrogens is 242 g/mol. The van der Waals surface area contributed by atoms with Gasteiger partial charge in [0.2, 0.25) is 0 Å². The number of esters is 1. The molecule has 4 heteroatoms. The molecule has 1 aliphatic heterocycles. The zero-order valence-electron chi connectivity index (χ0n) is 11.5. The molecule has 0 aromatic heterocycles.